The fourth-order valence-electron chi connectivity index (χ4n) is 2.28. The van der Waals surface area contributed by atoms with E-state index in [1.54, 1.807) is 30.5 Å². The number of carbonyl (C=O) groups is 2. The zero-order chi connectivity index (χ0) is 15.7. The van der Waals surface area contributed by atoms with Gasteiger partial charge >= 0.3 is 0 Å². The van der Waals surface area contributed by atoms with Crippen molar-refractivity contribution in [2.24, 2.45) is 0 Å². The molecule has 0 saturated heterocycles. The topological polar surface area (TPSA) is 77.4 Å². The lowest BCUT2D eigenvalue weighted by molar-refractivity contribution is -0.118. The number of rotatable bonds is 3. The lowest BCUT2D eigenvalue weighted by atomic mass is 10.1. The summed E-state index contributed by atoms with van der Waals surface area (Å²) in [5, 5.41) is 2.65. The number of benzene rings is 1. The Hall–Kier alpha value is -2.89. The van der Waals surface area contributed by atoms with Crippen LogP contribution in [0.4, 0.5) is 5.69 Å². The SMILES string of the molecule is Cc1ccc(=O)n(CC(=O)c2ccc3c(c2)NC(=O)CO3)c1. The van der Waals surface area contributed by atoms with Crippen LogP contribution in [0, 0.1) is 6.92 Å². The molecule has 0 fully saturated rings. The predicted molar refractivity (Wildman–Crippen MR) is 80.3 cm³/mol. The van der Waals surface area contributed by atoms with Gasteiger partial charge in [-0.1, -0.05) is 6.07 Å². The first-order valence-corrected chi connectivity index (χ1v) is 6.80. The number of nitrogens with zero attached hydrogens (tertiary/aromatic N) is 1. The first kappa shape index (κ1) is 14.1. The molecule has 1 aromatic heterocycles. The normalized spacial score (nSPS) is 13.0. The van der Waals surface area contributed by atoms with Gasteiger partial charge in [-0.15, -0.1) is 0 Å². The molecular formula is C16H14N2O4. The van der Waals surface area contributed by atoms with Gasteiger partial charge in [-0.25, -0.2) is 0 Å². The molecule has 1 amide bonds. The van der Waals surface area contributed by atoms with Crippen LogP contribution < -0.4 is 15.6 Å². The molecule has 0 saturated carbocycles. The Morgan fingerprint density at radius 1 is 1.27 bits per heavy atom. The number of hydrogen-bond donors (Lipinski definition) is 1. The second-order valence-corrected chi connectivity index (χ2v) is 5.14. The number of carbonyl (C=O) groups excluding carboxylic acids is 2. The van der Waals surface area contributed by atoms with Crippen molar-refractivity contribution in [1.82, 2.24) is 4.57 Å². The highest BCUT2D eigenvalue weighted by molar-refractivity contribution is 6.00. The molecule has 0 atom stereocenters. The molecule has 0 radical (unpaired) electrons. The smallest absolute Gasteiger partial charge is 0.262 e. The third kappa shape index (κ3) is 2.76. The van der Waals surface area contributed by atoms with Crippen molar-refractivity contribution in [2.45, 2.75) is 13.5 Å². The lowest BCUT2D eigenvalue weighted by Crippen LogP contribution is -2.26. The number of pyridine rings is 1. The number of hydrogen-bond acceptors (Lipinski definition) is 4. The summed E-state index contributed by atoms with van der Waals surface area (Å²) >= 11 is 0. The fraction of sp³-hybridized carbons (Fsp3) is 0.188. The van der Waals surface area contributed by atoms with E-state index in [1.807, 2.05) is 6.92 Å². The largest absolute Gasteiger partial charge is 0.482 e. The second-order valence-electron chi connectivity index (χ2n) is 5.14. The number of fused-ring (bicyclic) bond motifs is 1. The van der Waals surface area contributed by atoms with Crippen LogP contribution >= 0.6 is 0 Å². The van der Waals surface area contributed by atoms with Gasteiger partial charge in [0.1, 0.15) is 5.75 Å². The molecule has 1 N–H and O–H groups in total. The molecule has 0 aliphatic carbocycles. The number of Topliss-reactive ketones (excluding diaryl/α,β-unsaturated/α-hetero) is 1. The predicted octanol–water partition coefficient (Wildman–Crippen LogP) is 1.37. The minimum atomic E-state index is -0.257. The van der Waals surface area contributed by atoms with Crippen molar-refractivity contribution in [2.75, 3.05) is 11.9 Å². The molecule has 0 bridgehead atoms. The van der Waals surface area contributed by atoms with E-state index in [-0.39, 0.29) is 30.4 Å². The molecule has 0 unspecified atom stereocenters. The first-order valence-electron chi connectivity index (χ1n) is 6.80. The quantitative estimate of drug-likeness (QED) is 0.868. The second kappa shape index (κ2) is 5.48. The van der Waals surface area contributed by atoms with Gasteiger partial charge in [-0.05, 0) is 30.7 Å². The van der Waals surface area contributed by atoms with Crippen molar-refractivity contribution in [1.29, 1.82) is 0 Å². The van der Waals surface area contributed by atoms with Crippen molar-refractivity contribution < 1.29 is 14.3 Å². The Kier molecular flexibility index (Phi) is 3.50. The van der Waals surface area contributed by atoms with Crippen molar-refractivity contribution >= 4 is 17.4 Å². The Labute approximate surface area is 126 Å². The van der Waals surface area contributed by atoms with Crippen LogP contribution in [-0.2, 0) is 11.3 Å². The molecule has 3 rings (SSSR count). The van der Waals surface area contributed by atoms with Crippen molar-refractivity contribution in [3.05, 3.63) is 58.0 Å². The molecule has 1 aliphatic heterocycles. The fourth-order valence-corrected chi connectivity index (χ4v) is 2.28. The molecule has 2 heterocycles. The molecule has 6 heteroatoms. The molecule has 6 nitrogen and oxygen atoms in total. The maximum Gasteiger partial charge on any atom is 0.262 e. The summed E-state index contributed by atoms with van der Waals surface area (Å²) in [6, 6.07) is 7.97. The number of amides is 1. The molecule has 22 heavy (non-hydrogen) atoms. The lowest BCUT2D eigenvalue weighted by Gasteiger charge is -2.18. The summed E-state index contributed by atoms with van der Waals surface area (Å²) in [5.74, 6) is 0.0613. The van der Waals surface area contributed by atoms with Gasteiger partial charge in [0.05, 0.1) is 12.2 Å². The number of anilines is 1. The van der Waals surface area contributed by atoms with E-state index in [4.69, 9.17) is 4.74 Å². The Balaban J connectivity index is 1.86. The number of nitrogens with one attached hydrogen (secondary N) is 1. The van der Waals surface area contributed by atoms with Gasteiger partial charge < -0.3 is 14.6 Å². The number of aromatic nitrogens is 1. The molecule has 112 valence electrons. The molecular weight excluding hydrogens is 284 g/mol. The van der Waals surface area contributed by atoms with E-state index in [2.05, 4.69) is 5.32 Å². The summed E-state index contributed by atoms with van der Waals surface area (Å²) in [6.07, 6.45) is 1.64. The molecule has 2 aromatic rings. The Bertz CT molecular complexity index is 823. The van der Waals surface area contributed by atoms with Crippen LogP contribution in [0.2, 0.25) is 0 Å². The van der Waals surface area contributed by atoms with E-state index in [9.17, 15) is 14.4 Å². The average molecular weight is 298 g/mol. The van der Waals surface area contributed by atoms with E-state index in [0.29, 0.717) is 17.0 Å². The standard InChI is InChI=1S/C16H14N2O4/c1-10-2-5-16(21)18(7-10)8-13(19)11-3-4-14-12(6-11)17-15(20)9-22-14/h2-7H,8-9H2,1H3,(H,17,20). The monoisotopic (exact) mass is 298 g/mol. The zero-order valence-electron chi connectivity index (χ0n) is 12.0. The Morgan fingerprint density at radius 3 is 2.91 bits per heavy atom. The number of aryl methyl sites for hydroxylation is 1. The highest BCUT2D eigenvalue weighted by atomic mass is 16.5. The third-order valence-electron chi connectivity index (χ3n) is 3.38. The summed E-state index contributed by atoms with van der Waals surface area (Å²) in [5.41, 5.74) is 1.56. The van der Waals surface area contributed by atoms with Crippen molar-refractivity contribution in [3.8, 4) is 5.75 Å². The van der Waals surface area contributed by atoms with Gasteiger partial charge in [0.15, 0.2) is 12.4 Å². The molecule has 0 spiro atoms. The minimum absolute atomic E-state index is 0.0288. The van der Waals surface area contributed by atoms with Crippen LogP contribution in [0.15, 0.2) is 41.3 Å². The maximum absolute atomic E-state index is 12.3. The zero-order valence-corrected chi connectivity index (χ0v) is 12.0. The molecule has 1 aromatic carbocycles. The summed E-state index contributed by atoms with van der Waals surface area (Å²) in [4.78, 5) is 35.4. The van der Waals surface area contributed by atoms with Gasteiger partial charge in [0.2, 0.25) is 0 Å². The first-order chi connectivity index (χ1) is 10.5. The van der Waals surface area contributed by atoms with Crippen LogP contribution in [0.1, 0.15) is 15.9 Å². The van der Waals surface area contributed by atoms with Crippen molar-refractivity contribution in [3.63, 3.8) is 0 Å². The van der Waals surface area contributed by atoms with Crippen LogP contribution in [0.5, 0.6) is 5.75 Å². The van der Waals surface area contributed by atoms with E-state index in [1.165, 1.54) is 10.6 Å². The Morgan fingerprint density at radius 2 is 2.09 bits per heavy atom. The van der Waals surface area contributed by atoms with Gasteiger partial charge in [-0.2, -0.15) is 0 Å². The van der Waals surface area contributed by atoms with E-state index < -0.39 is 0 Å². The number of ether oxygens (including phenoxy) is 1. The maximum atomic E-state index is 12.3. The van der Waals surface area contributed by atoms with Crippen LogP contribution in [0.25, 0.3) is 0 Å². The van der Waals surface area contributed by atoms with Gasteiger partial charge in [-0.3, -0.25) is 14.4 Å². The van der Waals surface area contributed by atoms with Crippen LogP contribution in [-0.4, -0.2) is 22.9 Å². The summed E-state index contributed by atoms with van der Waals surface area (Å²) < 4.78 is 6.61. The average Bonchev–Trinajstić information content (AvgIpc) is 2.50. The third-order valence-corrected chi connectivity index (χ3v) is 3.38. The van der Waals surface area contributed by atoms with Gasteiger partial charge in [0, 0.05) is 17.8 Å². The minimum Gasteiger partial charge on any atom is -0.482 e. The highest BCUT2D eigenvalue weighted by Crippen LogP contribution is 2.28. The van der Waals surface area contributed by atoms with Gasteiger partial charge in [0.25, 0.3) is 11.5 Å². The van der Waals surface area contributed by atoms with E-state index in [0.717, 1.165) is 5.56 Å². The summed E-state index contributed by atoms with van der Waals surface area (Å²) in [6.45, 7) is 1.78. The van der Waals surface area contributed by atoms with Crippen LogP contribution in [0.3, 0.4) is 0 Å². The highest BCUT2D eigenvalue weighted by Gasteiger charge is 2.18. The molecule has 1 aliphatic rings. The van der Waals surface area contributed by atoms with E-state index >= 15 is 0 Å². The number of ketones is 1. The summed E-state index contributed by atoms with van der Waals surface area (Å²) in [7, 11) is 0.